The van der Waals surface area contributed by atoms with Gasteiger partial charge in [0.25, 0.3) is 0 Å². The minimum atomic E-state index is -1.27. The lowest BCUT2D eigenvalue weighted by molar-refractivity contribution is -0.0857. The Bertz CT molecular complexity index is 470. The van der Waals surface area contributed by atoms with Crippen molar-refractivity contribution in [3.05, 3.63) is 12.3 Å². The molecule has 1 fully saturated rings. The highest BCUT2D eigenvalue weighted by Crippen LogP contribution is 2.37. The number of aliphatic hydroxyl groups is 2. The van der Waals surface area contributed by atoms with E-state index in [-0.39, 0.29) is 12.1 Å². The number of nitrogens with two attached hydrogens (primary N) is 1. The topological polar surface area (TPSA) is 103 Å². The SMILES string of the molecule is CSC[C@H]1O[C@@H](N2C=CC3C(N)=NCNC32)[C@H](O)[C@]1(C)O. The predicted molar refractivity (Wildman–Crippen MR) is 81.6 cm³/mol. The summed E-state index contributed by atoms with van der Waals surface area (Å²) in [6.45, 7) is 2.07. The van der Waals surface area contributed by atoms with Crippen LogP contribution in [0.25, 0.3) is 0 Å². The van der Waals surface area contributed by atoms with Gasteiger partial charge in [-0.2, -0.15) is 11.8 Å². The zero-order valence-corrected chi connectivity index (χ0v) is 13.0. The number of aliphatic hydroxyl groups excluding tert-OH is 1. The summed E-state index contributed by atoms with van der Waals surface area (Å²) in [5, 5.41) is 24.3. The van der Waals surface area contributed by atoms with Crippen LogP contribution in [0.15, 0.2) is 17.3 Å². The Kier molecular flexibility index (Phi) is 3.91. The molecule has 3 heterocycles. The van der Waals surface area contributed by atoms with Crippen LogP contribution in [-0.4, -0.2) is 69.8 Å². The number of aliphatic imine (C=N–C) groups is 1. The van der Waals surface area contributed by atoms with Gasteiger partial charge in [0.15, 0.2) is 6.23 Å². The summed E-state index contributed by atoms with van der Waals surface area (Å²) >= 11 is 1.58. The van der Waals surface area contributed by atoms with Gasteiger partial charge < -0.3 is 25.6 Å². The van der Waals surface area contributed by atoms with E-state index in [2.05, 4.69) is 10.3 Å². The highest BCUT2D eigenvalue weighted by atomic mass is 32.2. The van der Waals surface area contributed by atoms with Crippen LogP contribution in [0.4, 0.5) is 0 Å². The van der Waals surface area contributed by atoms with Crippen LogP contribution in [0.1, 0.15) is 6.92 Å². The lowest BCUT2D eigenvalue weighted by atomic mass is 9.95. The second-order valence-corrected chi connectivity index (χ2v) is 6.76. The van der Waals surface area contributed by atoms with Gasteiger partial charge in [0.2, 0.25) is 0 Å². The van der Waals surface area contributed by atoms with Crippen LogP contribution < -0.4 is 11.1 Å². The molecule has 0 radical (unpaired) electrons. The fourth-order valence-electron chi connectivity index (χ4n) is 3.10. The van der Waals surface area contributed by atoms with Gasteiger partial charge in [0, 0.05) is 12.0 Å². The predicted octanol–water partition coefficient (Wildman–Crippen LogP) is -1.12. The summed E-state index contributed by atoms with van der Waals surface area (Å²) in [5.41, 5.74) is 4.65. The van der Waals surface area contributed by atoms with E-state index in [4.69, 9.17) is 10.5 Å². The van der Waals surface area contributed by atoms with Crippen molar-refractivity contribution in [1.29, 1.82) is 0 Å². The normalized spacial score (nSPS) is 45.8. The Balaban J connectivity index is 1.79. The molecule has 5 N–H and O–H groups in total. The largest absolute Gasteiger partial charge is 0.387 e. The number of fused-ring (bicyclic) bond motifs is 1. The third kappa shape index (κ3) is 2.35. The van der Waals surface area contributed by atoms with E-state index in [0.717, 1.165) is 0 Å². The van der Waals surface area contributed by atoms with Crippen molar-refractivity contribution in [3.8, 4) is 0 Å². The number of thioether (sulfide) groups is 1. The monoisotopic (exact) mass is 314 g/mol. The molecule has 118 valence electrons. The van der Waals surface area contributed by atoms with Crippen LogP contribution in [0.5, 0.6) is 0 Å². The van der Waals surface area contributed by atoms with Gasteiger partial charge in [-0.1, -0.05) is 6.08 Å². The van der Waals surface area contributed by atoms with Crippen LogP contribution in [0.2, 0.25) is 0 Å². The molecule has 7 nitrogen and oxygen atoms in total. The van der Waals surface area contributed by atoms with Crippen molar-refractivity contribution in [2.24, 2.45) is 16.6 Å². The second-order valence-electron chi connectivity index (χ2n) is 5.85. The van der Waals surface area contributed by atoms with Gasteiger partial charge in [-0.25, -0.2) is 0 Å². The molecule has 3 rings (SSSR count). The maximum Gasteiger partial charge on any atom is 0.160 e. The highest BCUT2D eigenvalue weighted by molar-refractivity contribution is 7.98. The van der Waals surface area contributed by atoms with Crippen molar-refractivity contribution in [2.45, 2.75) is 37.1 Å². The molecular weight excluding hydrogens is 292 g/mol. The average molecular weight is 314 g/mol. The Morgan fingerprint density at radius 3 is 3.14 bits per heavy atom. The molecule has 0 saturated carbocycles. The summed E-state index contributed by atoms with van der Waals surface area (Å²) in [4.78, 5) is 6.07. The fourth-order valence-corrected chi connectivity index (χ4v) is 3.82. The lowest BCUT2D eigenvalue weighted by Crippen LogP contribution is -2.57. The van der Waals surface area contributed by atoms with Gasteiger partial charge in [0.05, 0.1) is 18.8 Å². The standard InChI is InChI=1S/C13H22N4O3S/c1-13(19)8(5-21-2)20-12(9(13)18)17-4-3-7-10(14)15-6-16-11(7)17/h3-4,7-9,11-12,16,18-19H,5-6H2,1-2H3,(H2,14,15)/t7?,8-,9+,11?,12-,13-/m1/s1. The molecule has 21 heavy (non-hydrogen) atoms. The Hall–Kier alpha value is -0.800. The maximum absolute atomic E-state index is 10.5. The quantitative estimate of drug-likeness (QED) is 0.523. The molecule has 0 amide bonds. The number of amidine groups is 1. The van der Waals surface area contributed by atoms with E-state index >= 15 is 0 Å². The first kappa shape index (κ1) is 15.1. The molecule has 1 saturated heterocycles. The highest BCUT2D eigenvalue weighted by Gasteiger charge is 2.55. The number of nitrogens with zero attached hydrogens (tertiary/aromatic N) is 2. The summed E-state index contributed by atoms with van der Waals surface area (Å²) in [6, 6.07) is 0. The first-order valence-electron chi connectivity index (χ1n) is 7.00. The fraction of sp³-hybridized carbons (Fsp3) is 0.769. The minimum Gasteiger partial charge on any atom is -0.387 e. The number of nitrogens with one attached hydrogen (secondary N) is 1. The number of hydrogen-bond donors (Lipinski definition) is 4. The second kappa shape index (κ2) is 5.44. The summed E-state index contributed by atoms with van der Waals surface area (Å²) in [7, 11) is 0. The van der Waals surface area contributed by atoms with Gasteiger partial charge in [0.1, 0.15) is 23.6 Å². The van der Waals surface area contributed by atoms with E-state index in [9.17, 15) is 10.2 Å². The molecule has 2 unspecified atom stereocenters. The summed E-state index contributed by atoms with van der Waals surface area (Å²) < 4.78 is 5.93. The zero-order valence-electron chi connectivity index (χ0n) is 12.1. The van der Waals surface area contributed by atoms with Gasteiger partial charge in [-0.15, -0.1) is 0 Å². The number of rotatable bonds is 3. The van der Waals surface area contributed by atoms with Crippen molar-refractivity contribution in [3.63, 3.8) is 0 Å². The average Bonchev–Trinajstić information content (AvgIpc) is 2.95. The Morgan fingerprint density at radius 1 is 1.67 bits per heavy atom. The molecule has 8 heteroatoms. The molecular formula is C13H22N4O3S. The van der Waals surface area contributed by atoms with E-state index in [1.807, 2.05) is 23.4 Å². The molecule has 0 aromatic heterocycles. The van der Waals surface area contributed by atoms with Gasteiger partial charge >= 0.3 is 0 Å². The van der Waals surface area contributed by atoms with Gasteiger partial charge in [-0.3, -0.25) is 10.3 Å². The van der Waals surface area contributed by atoms with Crippen LogP contribution in [0, 0.1) is 5.92 Å². The zero-order chi connectivity index (χ0) is 15.2. The minimum absolute atomic E-state index is 0.0286. The Morgan fingerprint density at radius 2 is 2.43 bits per heavy atom. The number of ether oxygens (including phenoxy) is 1. The Labute approximate surface area is 128 Å². The van der Waals surface area contributed by atoms with Crippen molar-refractivity contribution < 1.29 is 14.9 Å². The first-order chi connectivity index (χ1) is 9.96. The lowest BCUT2D eigenvalue weighted by Gasteiger charge is -2.37. The molecule has 0 aromatic rings. The van der Waals surface area contributed by atoms with Crippen LogP contribution >= 0.6 is 11.8 Å². The first-order valence-corrected chi connectivity index (χ1v) is 8.40. The summed E-state index contributed by atoms with van der Waals surface area (Å²) in [6.07, 6.45) is 3.68. The van der Waals surface area contributed by atoms with Gasteiger partial charge in [-0.05, 0) is 13.2 Å². The molecule has 0 bridgehead atoms. The smallest absolute Gasteiger partial charge is 0.160 e. The third-order valence-electron chi connectivity index (χ3n) is 4.47. The molecule has 6 atom stereocenters. The van der Waals surface area contributed by atoms with Crippen LogP contribution in [0.3, 0.4) is 0 Å². The van der Waals surface area contributed by atoms with Crippen molar-refractivity contribution in [2.75, 3.05) is 18.7 Å². The van der Waals surface area contributed by atoms with E-state index in [1.165, 1.54) is 0 Å². The molecule has 3 aliphatic rings. The van der Waals surface area contributed by atoms with E-state index in [1.54, 1.807) is 18.7 Å². The van der Waals surface area contributed by atoms with Crippen molar-refractivity contribution in [1.82, 2.24) is 10.2 Å². The molecule has 3 aliphatic heterocycles. The van der Waals surface area contributed by atoms with Crippen LogP contribution in [-0.2, 0) is 4.74 Å². The van der Waals surface area contributed by atoms with E-state index < -0.39 is 24.0 Å². The van der Waals surface area contributed by atoms with Crippen molar-refractivity contribution >= 4 is 17.6 Å². The molecule has 0 spiro atoms. The molecule has 0 aliphatic carbocycles. The third-order valence-corrected chi connectivity index (χ3v) is 5.10. The maximum atomic E-state index is 10.5. The number of hydrogen-bond acceptors (Lipinski definition) is 8. The summed E-state index contributed by atoms with van der Waals surface area (Å²) in [5.74, 6) is 1.18. The molecule has 0 aromatic carbocycles. The van der Waals surface area contributed by atoms with E-state index in [0.29, 0.717) is 18.3 Å².